The number of hydrogen-bond acceptors (Lipinski definition) is 4. The monoisotopic (exact) mass is 426 g/mol. The fraction of sp³-hybridized carbons (Fsp3) is 0.200. The van der Waals surface area contributed by atoms with Crippen LogP contribution in [-0.4, -0.2) is 21.8 Å². The molecule has 3 rings (SSSR count). The van der Waals surface area contributed by atoms with E-state index in [1.54, 1.807) is 0 Å². The van der Waals surface area contributed by atoms with Crippen molar-refractivity contribution >= 4 is 45.9 Å². The number of halogens is 2. The van der Waals surface area contributed by atoms with Crippen molar-refractivity contribution in [1.82, 2.24) is 9.97 Å². The number of benzene rings is 1. The summed E-state index contributed by atoms with van der Waals surface area (Å²) in [5, 5.41) is 5.26. The second-order valence-electron chi connectivity index (χ2n) is 5.22. The molecule has 1 saturated carbocycles. The summed E-state index contributed by atoms with van der Waals surface area (Å²) in [6.07, 6.45) is 3.88. The number of anilines is 2. The Bertz CT molecular complexity index is 684. The predicted molar refractivity (Wildman–Crippen MR) is 90.1 cm³/mol. The van der Waals surface area contributed by atoms with E-state index in [4.69, 9.17) is 0 Å². The molecule has 0 bridgehead atoms. The van der Waals surface area contributed by atoms with E-state index in [-0.39, 0.29) is 5.82 Å². The fourth-order valence-electron chi connectivity index (χ4n) is 2.08. The second kappa shape index (κ2) is 6.19. The molecule has 2 aromatic rings. The van der Waals surface area contributed by atoms with E-state index >= 15 is 0 Å². The van der Waals surface area contributed by atoms with Crippen molar-refractivity contribution in [1.29, 1.82) is 0 Å². The highest BCUT2D eigenvalue weighted by atomic mass is 127. The Hall–Kier alpha value is -2.10. The SMILES string of the molecule is O=C(Nc1ccc(F)cc1)C1(C(=O)Nc2cnc(I)cn2)CC1. The molecule has 0 spiro atoms. The van der Waals surface area contributed by atoms with Crippen LogP contribution in [0.4, 0.5) is 15.9 Å². The van der Waals surface area contributed by atoms with E-state index < -0.39 is 17.2 Å². The van der Waals surface area contributed by atoms with Gasteiger partial charge in [-0.2, -0.15) is 0 Å². The van der Waals surface area contributed by atoms with Gasteiger partial charge in [-0.25, -0.2) is 14.4 Å². The molecule has 1 aliphatic carbocycles. The number of amides is 2. The Labute approximate surface area is 145 Å². The lowest BCUT2D eigenvalue weighted by Crippen LogP contribution is -2.35. The van der Waals surface area contributed by atoms with Crippen LogP contribution in [0, 0.1) is 14.9 Å². The molecule has 0 radical (unpaired) electrons. The minimum absolute atomic E-state index is 0.302. The number of nitrogens with one attached hydrogen (secondary N) is 2. The van der Waals surface area contributed by atoms with Crippen LogP contribution in [0.15, 0.2) is 36.7 Å². The Morgan fingerprint density at radius 2 is 1.70 bits per heavy atom. The lowest BCUT2D eigenvalue weighted by molar-refractivity contribution is -0.131. The van der Waals surface area contributed by atoms with E-state index in [0.717, 1.165) is 0 Å². The lowest BCUT2D eigenvalue weighted by Gasteiger charge is -2.15. The van der Waals surface area contributed by atoms with Gasteiger partial charge in [-0.3, -0.25) is 9.59 Å². The van der Waals surface area contributed by atoms with Gasteiger partial charge in [0.2, 0.25) is 11.8 Å². The zero-order valence-corrected chi connectivity index (χ0v) is 14.0. The maximum absolute atomic E-state index is 12.9. The molecule has 0 atom stereocenters. The first-order valence-electron chi connectivity index (χ1n) is 6.86. The first kappa shape index (κ1) is 15.8. The van der Waals surface area contributed by atoms with Gasteiger partial charge < -0.3 is 10.6 Å². The van der Waals surface area contributed by atoms with E-state index in [9.17, 15) is 14.0 Å². The van der Waals surface area contributed by atoms with Gasteiger partial charge in [0, 0.05) is 5.69 Å². The van der Waals surface area contributed by atoms with E-state index in [2.05, 4.69) is 20.6 Å². The third-order valence-corrected chi connectivity index (χ3v) is 4.14. The van der Waals surface area contributed by atoms with Crippen LogP contribution in [-0.2, 0) is 9.59 Å². The first-order chi connectivity index (χ1) is 11.0. The van der Waals surface area contributed by atoms with Crippen molar-refractivity contribution in [3.8, 4) is 0 Å². The lowest BCUT2D eigenvalue weighted by atomic mass is 10.1. The molecule has 2 amide bonds. The normalized spacial score (nSPS) is 14.9. The number of hydrogen-bond donors (Lipinski definition) is 2. The number of nitrogens with zero attached hydrogens (tertiary/aromatic N) is 2. The summed E-state index contributed by atoms with van der Waals surface area (Å²) in [7, 11) is 0. The van der Waals surface area contributed by atoms with Crippen LogP contribution in [0.1, 0.15) is 12.8 Å². The molecule has 1 aromatic carbocycles. The molecule has 23 heavy (non-hydrogen) atoms. The summed E-state index contributed by atoms with van der Waals surface area (Å²) in [4.78, 5) is 32.8. The van der Waals surface area contributed by atoms with Crippen molar-refractivity contribution in [2.24, 2.45) is 5.41 Å². The molecule has 118 valence electrons. The summed E-state index contributed by atoms with van der Waals surface area (Å²) in [5.41, 5.74) is -0.650. The highest BCUT2D eigenvalue weighted by molar-refractivity contribution is 14.1. The summed E-state index contributed by atoms with van der Waals surface area (Å²) in [5.74, 6) is -0.900. The highest BCUT2D eigenvalue weighted by Gasteiger charge is 2.56. The maximum Gasteiger partial charge on any atom is 0.241 e. The minimum Gasteiger partial charge on any atom is -0.325 e. The molecule has 1 heterocycles. The highest BCUT2D eigenvalue weighted by Crippen LogP contribution is 2.47. The van der Waals surface area contributed by atoms with E-state index in [0.29, 0.717) is 28.0 Å². The van der Waals surface area contributed by atoms with Crippen LogP contribution in [0.2, 0.25) is 0 Å². The second-order valence-corrected chi connectivity index (χ2v) is 6.33. The Morgan fingerprint density at radius 3 is 2.26 bits per heavy atom. The average molecular weight is 426 g/mol. The molecule has 2 N–H and O–H groups in total. The molecule has 0 aliphatic heterocycles. The van der Waals surface area contributed by atoms with Crippen molar-refractivity contribution < 1.29 is 14.0 Å². The van der Waals surface area contributed by atoms with Crippen molar-refractivity contribution in [3.05, 3.63) is 46.2 Å². The van der Waals surface area contributed by atoms with Crippen LogP contribution < -0.4 is 10.6 Å². The molecule has 0 unspecified atom stereocenters. The van der Waals surface area contributed by atoms with E-state index in [1.807, 2.05) is 22.6 Å². The molecule has 8 heteroatoms. The Balaban J connectivity index is 1.68. The van der Waals surface area contributed by atoms with Gasteiger partial charge in [0.05, 0.1) is 12.4 Å². The van der Waals surface area contributed by atoms with Gasteiger partial charge >= 0.3 is 0 Å². The zero-order chi connectivity index (χ0) is 16.4. The van der Waals surface area contributed by atoms with E-state index in [1.165, 1.54) is 36.7 Å². The van der Waals surface area contributed by atoms with Crippen LogP contribution in [0.25, 0.3) is 0 Å². The Morgan fingerprint density at radius 1 is 1.04 bits per heavy atom. The standard InChI is InChI=1S/C15H12FIN4O2/c16-9-1-3-10(4-2-9)20-13(22)15(5-6-15)14(23)21-12-8-18-11(17)7-19-12/h1-4,7-8H,5-6H2,(H,20,22)(H,19,21,23). The van der Waals surface area contributed by atoms with Crippen LogP contribution in [0.3, 0.4) is 0 Å². The number of carbonyl (C=O) groups is 2. The zero-order valence-electron chi connectivity index (χ0n) is 11.8. The van der Waals surface area contributed by atoms with Crippen molar-refractivity contribution in [2.45, 2.75) is 12.8 Å². The number of rotatable bonds is 4. The molecule has 6 nitrogen and oxygen atoms in total. The number of carbonyl (C=O) groups excluding carboxylic acids is 2. The molecule has 1 fully saturated rings. The van der Waals surface area contributed by atoms with Gasteiger partial charge in [0.1, 0.15) is 14.9 Å². The van der Waals surface area contributed by atoms with Gasteiger partial charge in [-0.05, 0) is 59.7 Å². The molecule has 1 aliphatic rings. The molecular weight excluding hydrogens is 414 g/mol. The summed E-state index contributed by atoms with van der Waals surface area (Å²) in [6, 6.07) is 5.39. The Kier molecular flexibility index (Phi) is 4.24. The predicted octanol–water partition coefficient (Wildman–Crippen LogP) is 2.58. The average Bonchev–Trinajstić information content (AvgIpc) is 3.34. The molecular formula is C15H12FIN4O2. The van der Waals surface area contributed by atoms with Crippen LogP contribution >= 0.6 is 22.6 Å². The smallest absolute Gasteiger partial charge is 0.241 e. The van der Waals surface area contributed by atoms with Gasteiger partial charge in [-0.1, -0.05) is 0 Å². The molecule has 0 saturated heterocycles. The summed E-state index contributed by atoms with van der Waals surface area (Å²) in [6.45, 7) is 0. The van der Waals surface area contributed by atoms with Gasteiger partial charge in [0.15, 0.2) is 5.82 Å². The summed E-state index contributed by atoms with van der Waals surface area (Å²) < 4.78 is 13.6. The first-order valence-corrected chi connectivity index (χ1v) is 7.93. The topological polar surface area (TPSA) is 84.0 Å². The van der Waals surface area contributed by atoms with Crippen molar-refractivity contribution in [2.75, 3.05) is 10.6 Å². The quantitative estimate of drug-likeness (QED) is 0.582. The van der Waals surface area contributed by atoms with Gasteiger partial charge in [-0.15, -0.1) is 0 Å². The maximum atomic E-state index is 12.9. The summed E-state index contributed by atoms with van der Waals surface area (Å²) >= 11 is 2.01. The molecule has 1 aromatic heterocycles. The minimum atomic E-state index is -1.10. The third kappa shape index (κ3) is 3.46. The van der Waals surface area contributed by atoms with Crippen molar-refractivity contribution in [3.63, 3.8) is 0 Å². The fourth-order valence-corrected chi connectivity index (χ4v) is 2.36. The van der Waals surface area contributed by atoms with Gasteiger partial charge in [0.25, 0.3) is 0 Å². The largest absolute Gasteiger partial charge is 0.325 e. The third-order valence-electron chi connectivity index (χ3n) is 3.58. The van der Waals surface area contributed by atoms with Crippen LogP contribution in [0.5, 0.6) is 0 Å². The number of aromatic nitrogens is 2.